The van der Waals surface area contributed by atoms with Crippen LogP contribution in [0.15, 0.2) is 49.1 Å². The molecule has 1 atom stereocenters. The first-order valence-corrected chi connectivity index (χ1v) is 6.59. The van der Waals surface area contributed by atoms with Crippen molar-refractivity contribution in [1.29, 1.82) is 0 Å². The van der Waals surface area contributed by atoms with Crippen molar-refractivity contribution in [3.8, 4) is 0 Å². The van der Waals surface area contributed by atoms with Gasteiger partial charge < -0.3 is 0 Å². The Hall–Kier alpha value is -1.08. The summed E-state index contributed by atoms with van der Waals surface area (Å²) in [7, 11) is 0. The van der Waals surface area contributed by atoms with Gasteiger partial charge in [-0.3, -0.25) is 4.90 Å². The second kappa shape index (κ2) is 5.05. The van der Waals surface area contributed by atoms with Crippen molar-refractivity contribution < 1.29 is 0 Å². The summed E-state index contributed by atoms with van der Waals surface area (Å²) in [5.74, 6) is 0. The first kappa shape index (κ1) is 12.4. The molecule has 0 radical (unpaired) electrons. The topological polar surface area (TPSA) is 3.24 Å². The normalized spacial score (nSPS) is 32.5. The Balaban J connectivity index is 2.36. The minimum atomic E-state index is 0.105. The predicted octanol–water partition coefficient (Wildman–Crippen LogP) is 3.86. The molecule has 1 heteroatoms. The van der Waals surface area contributed by atoms with Gasteiger partial charge in [0.15, 0.2) is 0 Å². The molecule has 0 saturated carbocycles. The third-order valence-corrected chi connectivity index (χ3v) is 4.20. The summed E-state index contributed by atoms with van der Waals surface area (Å²) in [6.07, 6.45) is 12.2. The van der Waals surface area contributed by atoms with E-state index >= 15 is 0 Å². The van der Waals surface area contributed by atoms with E-state index in [2.05, 4.69) is 36.8 Å². The van der Waals surface area contributed by atoms with Gasteiger partial charge in [-0.15, -0.1) is 6.58 Å². The molecule has 0 aliphatic carbocycles. The molecule has 0 spiro atoms. The number of rotatable bonds is 2. The Labute approximate surface area is 105 Å². The van der Waals surface area contributed by atoms with Gasteiger partial charge in [-0.05, 0) is 44.2 Å². The first-order chi connectivity index (χ1) is 8.20. The molecular formula is C16H23N. The zero-order valence-electron chi connectivity index (χ0n) is 10.8. The van der Waals surface area contributed by atoms with E-state index in [9.17, 15) is 0 Å². The molecule has 2 heterocycles. The average molecular weight is 229 g/mol. The van der Waals surface area contributed by atoms with Crippen LogP contribution >= 0.6 is 0 Å². The maximum Gasteiger partial charge on any atom is 0.0495 e. The van der Waals surface area contributed by atoms with Crippen molar-refractivity contribution in [3.05, 3.63) is 49.1 Å². The van der Waals surface area contributed by atoms with Crippen LogP contribution in [-0.2, 0) is 0 Å². The van der Waals surface area contributed by atoms with E-state index < -0.39 is 0 Å². The highest BCUT2D eigenvalue weighted by Gasteiger charge is 2.42. The molecular weight excluding hydrogens is 206 g/mol. The number of hydrogen-bond donors (Lipinski definition) is 0. The van der Waals surface area contributed by atoms with E-state index in [0.717, 1.165) is 25.8 Å². The Kier molecular flexibility index (Phi) is 3.68. The highest BCUT2D eigenvalue weighted by atomic mass is 15.2. The zero-order valence-corrected chi connectivity index (χ0v) is 10.8. The monoisotopic (exact) mass is 229 g/mol. The molecule has 2 aliphatic rings. The van der Waals surface area contributed by atoms with Crippen molar-refractivity contribution in [2.24, 2.45) is 0 Å². The van der Waals surface area contributed by atoms with Gasteiger partial charge in [0, 0.05) is 12.1 Å². The third kappa shape index (κ3) is 2.16. The molecule has 0 aromatic heterocycles. The highest BCUT2D eigenvalue weighted by molar-refractivity contribution is 5.38. The van der Waals surface area contributed by atoms with Gasteiger partial charge in [-0.1, -0.05) is 37.0 Å². The van der Waals surface area contributed by atoms with Crippen molar-refractivity contribution in [2.75, 3.05) is 13.1 Å². The summed E-state index contributed by atoms with van der Waals surface area (Å²) in [4.78, 5) is 2.56. The lowest BCUT2D eigenvalue weighted by molar-refractivity contribution is 0.197. The van der Waals surface area contributed by atoms with Gasteiger partial charge in [0.25, 0.3) is 0 Å². The number of nitrogens with zero attached hydrogens (tertiary/aromatic N) is 1. The predicted molar refractivity (Wildman–Crippen MR) is 75.0 cm³/mol. The van der Waals surface area contributed by atoms with Crippen LogP contribution in [0.4, 0.5) is 0 Å². The lowest BCUT2D eigenvalue weighted by atomic mass is 9.80. The molecule has 1 saturated heterocycles. The summed E-state index contributed by atoms with van der Waals surface area (Å²) < 4.78 is 0. The molecule has 2 rings (SSSR count). The molecule has 17 heavy (non-hydrogen) atoms. The number of hydrogen-bond acceptors (Lipinski definition) is 1. The van der Waals surface area contributed by atoms with Gasteiger partial charge in [0.05, 0.1) is 0 Å². The second-order valence-corrected chi connectivity index (χ2v) is 5.17. The van der Waals surface area contributed by atoms with Crippen molar-refractivity contribution in [1.82, 2.24) is 4.90 Å². The third-order valence-electron chi connectivity index (χ3n) is 4.20. The average Bonchev–Trinajstić information content (AvgIpc) is 2.72. The highest BCUT2D eigenvalue weighted by Crippen LogP contribution is 2.42. The van der Waals surface area contributed by atoms with Crippen LogP contribution in [-0.4, -0.2) is 23.5 Å². The van der Waals surface area contributed by atoms with Gasteiger partial charge in [-0.2, -0.15) is 0 Å². The van der Waals surface area contributed by atoms with E-state index in [-0.39, 0.29) is 5.54 Å². The molecule has 0 amide bonds. The fraction of sp³-hybridized carbons (Fsp3) is 0.500. The van der Waals surface area contributed by atoms with Crippen LogP contribution in [0.1, 0.15) is 32.1 Å². The van der Waals surface area contributed by atoms with Crippen LogP contribution in [0.25, 0.3) is 0 Å². The lowest BCUT2D eigenvalue weighted by Gasteiger charge is -2.40. The van der Waals surface area contributed by atoms with E-state index in [4.69, 9.17) is 0 Å². The Morgan fingerprint density at radius 3 is 2.94 bits per heavy atom. The fourth-order valence-electron chi connectivity index (χ4n) is 3.19. The SMILES string of the molecule is C=CCC12CCCN1C/C=C\CCC(=C)C2=C. The summed E-state index contributed by atoms with van der Waals surface area (Å²) in [5.41, 5.74) is 2.58. The first-order valence-electron chi connectivity index (χ1n) is 6.59. The van der Waals surface area contributed by atoms with E-state index in [0.29, 0.717) is 0 Å². The molecule has 1 nitrogen and oxygen atoms in total. The maximum absolute atomic E-state index is 4.36. The molecule has 1 unspecified atom stereocenters. The Morgan fingerprint density at radius 1 is 1.35 bits per heavy atom. The molecule has 0 bridgehead atoms. The lowest BCUT2D eigenvalue weighted by Crippen LogP contribution is -2.45. The van der Waals surface area contributed by atoms with E-state index in [1.54, 1.807) is 0 Å². The van der Waals surface area contributed by atoms with Gasteiger partial charge in [0.2, 0.25) is 0 Å². The summed E-state index contributed by atoms with van der Waals surface area (Å²) >= 11 is 0. The van der Waals surface area contributed by atoms with Crippen LogP contribution in [0.5, 0.6) is 0 Å². The van der Waals surface area contributed by atoms with E-state index in [1.165, 1.54) is 30.5 Å². The van der Waals surface area contributed by atoms with Crippen LogP contribution in [0.2, 0.25) is 0 Å². The molecule has 2 aliphatic heterocycles. The van der Waals surface area contributed by atoms with Crippen molar-refractivity contribution in [2.45, 2.75) is 37.6 Å². The minimum Gasteiger partial charge on any atom is -0.290 e. The molecule has 0 N–H and O–H groups in total. The van der Waals surface area contributed by atoms with Gasteiger partial charge in [0.1, 0.15) is 0 Å². The number of allylic oxidation sites excluding steroid dienone is 1. The smallest absolute Gasteiger partial charge is 0.0495 e. The van der Waals surface area contributed by atoms with Crippen molar-refractivity contribution in [3.63, 3.8) is 0 Å². The van der Waals surface area contributed by atoms with Crippen LogP contribution in [0.3, 0.4) is 0 Å². The molecule has 1 fully saturated rings. The molecule has 0 aromatic carbocycles. The van der Waals surface area contributed by atoms with Gasteiger partial charge in [-0.25, -0.2) is 0 Å². The zero-order chi connectivity index (χ0) is 12.3. The standard InChI is InChI=1S/C16H23N/c1-4-10-16-11-8-13-17(16)12-7-5-6-9-14(2)15(16)3/h4-5,7H,1-3,6,8-13H2/b7-5-. The van der Waals surface area contributed by atoms with Crippen LogP contribution < -0.4 is 0 Å². The minimum absolute atomic E-state index is 0.105. The van der Waals surface area contributed by atoms with E-state index in [1.807, 2.05) is 6.08 Å². The summed E-state index contributed by atoms with van der Waals surface area (Å²) in [6, 6.07) is 0. The quantitative estimate of drug-likeness (QED) is 0.650. The van der Waals surface area contributed by atoms with Crippen molar-refractivity contribution >= 4 is 0 Å². The molecule has 0 aromatic rings. The second-order valence-electron chi connectivity index (χ2n) is 5.17. The Morgan fingerprint density at radius 2 is 2.18 bits per heavy atom. The number of fused-ring (bicyclic) bond motifs is 1. The van der Waals surface area contributed by atoms with Crippen LogP contribution in [0, 0.1) is 0 Å². The Bertz CT molecular complexity index is 364. The molecule has 92 valence electrons. The summed E-state index contributed by atoms with van der Waals surface area (Å²) in [6.45, 7) is 14.7. The fourth-order valence-corrected chi connectivity index (χ4v) is 3.19. The largest absolute Gasteiger partial charge is 0.290 e. The summed E-state index contributed by atoms with van der Waals surface area (Å²) in [5, 5.41) is 0. The maximum atomic E-state index is 4.36. The van der Waals surface area contributed by atoms with Gasteiger partial charge >= 0.3 is 0 Å².